The molecule has 2 aliphatic rings. The molecule has 0 atom stereocenters. The van der Waals surface area contributed by atoms with E-state index in [1.807, 2.05) is 29.2 Å². The Morgan fingerprint density at radius 2 is 2.05 bits per heavy atom. The predicted molar refractivity (Wildman–Crippen MR) is 82.7 cm³/mol. The number of hydrogen-bond donors (Lipinski definition) is 1. The van der Waals surface area contributed by atoms with Crippen LogP contribution in [-0.2, 0) is 11.2 Å². The summed E-state index contributed by atoms with van der Waals surface area (Å²) in [5.41, 5.74) is 1.08. The molecule has 1 N–H and O–H groups in total. The lowest BCUT2D eigenvalue weighted by Crippen LogP contribution is -2.64. The molecular weight excluding hydrogens is 318 g/mol. The molecule has 0 unspecified atom stereocenters. The molecule has 0 spiro atoms. The van der Waals surface area contributed by atoms with Crippen LogP contribution in [0.15, 0.2) is 28.7 Å². The minimum Gasteiger partial charge on any atom is -0.339 e. The number of rotatable bonds is 3. The van der Waals surface area contributed by atoms with Crippen molar-refractivity contribution < 1.29 is 4.79 Å². The van der Waals surface area contributed by atoms with Crippen molar-refractivity contribution in [2.24, 2.45) is 0 Å². The Labute approximate surface area is 128 Å². The van der Waals surface area contributed by atoms with Crippen LogP contribution in [0.2, 0.25) is 0 Å². The maximum absolute atomic E-state index is 12.2. The maximum atomic E-state index is 12.2. The molecule has 2 heterocycles. The van der Waals surface area contributed by atoms with Gasteiger partial charge in [-0.1, -0.05) is 28.1 Å². The summed E-state index contributed by atoms with van der Waals surface area (Å²) in [6, 6.07) is 8.56. The molecule has 3 rings (SSSR count). The zero-order valence-corrected chi connectivity index (χ0v) is 13.1. The molecule has 1 aromatic rings. The van der Waals surface area contributed by atoms with Gasteiger partial charge in [-0.3, -0.25) is 9.69 Å². The monoisotopic (exact) mass is 337 g/mol. The molecule has 4 nitrogen and oxygen atoms in total. The minimum absolute atomic E-state index is 0.245. The molecule has 108 valence electrons. The lowest BCUT2D eigenvalue weighted by molar-refractivity contribution is -0.138. The first-order valence-electron chi connectivity index (χ1n) is 7.19. The molecule has 2 saturated heterocycles. The summed E-state index contributed by atoms with van der Waals surface area (Å²) in [7, 11) is 0. The third-order valence-corrected chi connectivity index (χ3v) is 4.62. The Morgan fingerprint density at radius 3 is 2.75 bits per heavy atom. The zero-order valence-electron chi connectivity index (χ0n) is 11.5. The first kappa shape index (κ1) is 14.0. The van der Waals surface area contributed by atoms with Gasteiger partial charge in [0.25, 0.3) is 0 Å². The van der Waals surface area contributed by atoms with Crippen molar-refractivity contribution in [3.8, 4) is 0 Å². The molecule has 1 amide bonds. The van der Waals surface area contributed by atoms with Crippen molar-refractivity contribution in [1.29, 1.82) is 0 Å². The number of benzene rings is 1. The Morgan fingerprint density at radius 1 is 1.30 bits per heavy atom. The average molecular weight is 338 g/mol. The highest BCUT2D eigenvalue weighted by atomic mass is 79.9. The van der Waals surface area contributed by atoms with Crippen LogP contribution in [0.3, 0.4) is 0 Å². The molecular formula is C15H20BrN3O. The molecule has 2 fully saturated rings. The largest absolute Gasteiger partial charge is 0.339 e. The van der Waals surface area contributed by atoms with E-state index in [2.05, 4.69) is 26.1 Å². The Kier molecular flexibility index (Phi) is 4.38. The summed E-state index contributed by atoms with van der Waals surface area (Å²) in [5, 5.41) is 3.36. The summed E-state index contributed by atoms with van der Waals surface area (Å²) >= 11 is 3.44. The van der Waals surface area contributed by atoms with Gasteiger partial charge in [0.1, 0.15) is 0 Å². The number of hydrogen-bond acceptors (Lipinski definition) is 3. The number of likely N-dealkylation sites (tertiary alicyclic amines) is 1. The first-order chi connectivity index (χ1) is 9.72. The van der Waals surface area contributed by atoms with Crippen LogP contribution in [0.25, 0.3) is 0 Å². The van der Waals surface area contributed by atoms with Crippen LogP contribution < -0.4 is 5.32 Å². The molecule has 2 aliphatic heterocycles. The lowest BCUT2D eigenvalue weighted by atomic mass is 10.0. The van der Waals surface area contributed by atoms with Gasteiger partial charge in [-0.25, -0.2) is 0 Å². The summed E-state index contributed by atoms with van der Waals surface area (Å²) in [4.78, 5) is 16.7. The van der Waals surface area contributed by atoms with Crippen molar-refractivity contribution in [3.05, 3.63) is 34.3 Å². The fourth-order valence-electron chi connectivity index (χ4n) is 2.87. The smallest absolute Gasteiger partial charge is 0.227 e. The summed E-state index contributed by atoms with van der Waals surface area (Å²) in [6.07, 6.45) is 0.508. The minimum atomic E-state index is 0.245. The Balaban J connectivity index is 1.48. The van der Waals surface area contributed by atoms with Crippen molar-refractivity contribution in [2.45, 2.75) is 12.5 Å². The van der Waals surface area contributed by atoms with Gasteiger partial charge in [0.15, 0.2) is 0 Å². The summed E-state index contributed by atoms with van der Waals surface area (Å²) in [5.74, 6) is 0.245. The van der Waals surface area contributed by atoms with E-state index in [1.165, 1.54) is 0 Å². The zero-order chi connectivity index (χ0) is 13.9. The number of amides is 1. The van der Waals surface area contributed by atoms with Gasteiger partial charge in [-0.05, 0) is 17.7 Å². The second-order valence-corrected chi connectivity index (χ2v) is 6.46. The van der Waals surface area contributed by atoms with Gasteiger partial charge in [0.2, 0.25) is 5.91 Å². The number of nitrogens with one attached hydrogen (secondary N) is 1. The first-order valence-corrected chi connectivity index (χ1v) is 7.98. The molecule has 0 bridgehead atoms. The van der Waals surface area contributed by atoms with E-state index >= 15 is 0 Å². The third-order valence-electron chi connectivity index (χ3n) is 4.13. The summed E-state index contributed by atoms with van der Waals surface area (Å²) < 4.78 is 1.03. The second kappa shape index (κ2) is 6.24. The average Bonchev–Trinajstić information content (AvgIpc) is 2.38. The third kappa shape index (κ3) is 3.22. The van der Waals surface area contributed by atoms with E-state index in [0.717, 1.165) is 49.3 Å². The van der Waals surface area contributed by atoms with E-state index in [-0.39, 0.29) is 5.91 Å². The van der Waals surface area contributed by atoms with Crippen LogP contribution in [0, 0.1) is 0 Å². The van der Waals surface area contributed by atoms with Gasteiger partial charge < -0.3 is 10.2 Å². The quantitative estimate of drug-likeness (QED) is 0.897. The number of nitrogens with zero attached hydrogens (tertiary/aromatic N) is 2. The van der Waals surface area contributed by atoms with Crippen LogP contribution in [-0.4, -0.2) is 61.0 Å². The predicted octanol–water partition coefficient (Wildman–Crippen LogP) is 1.11. The Bertz CT molecular complexity index is 482. The fraction of sp³-hybridized carbons (Fsp3) is 0.533. The summed E-state index contributed by atoms with van der Waals surface area (Å²) in [6.45, 7) is 6.15. The second-order valence-electron chi connectivity index (χ2n) is 5.55. The SMILES string of the molecule is O=C(Cc1cccc(Br)c1)N1CC(N2CCNCC2)C1. The van der Waals surface area contributed by atoms with Gasteiger partial charge in [-0.15, -0.1) is 0 Å². The van der Waals surface area contributed by atoms with Gasteiger partial charge >= 0.3 is 0 Å². The molecule has 1 aromatic carbocycles. The molecule has 0 aliphatic carbocycles. The lowest BCUT2D eigenvalue weighted by Gasteiger charge is -2.46. The standard InChI is InChI=1S/C15H20BrN3O/c16-13-3-1-2-12(8-13)9-15(20)19-10-14(11-19)18-6-4-17-5-7-18/h1-3,8,14,17H,4-7,9-11H2. The highest BCUT2D eigenvalue weighted by Gasteiger charge is 2.34. The van der Waals surface area contributed by atoms with Gasteiger partial charge in [-0.2, -0.15) is 0 Å². The van der Waals surface area contributed by atoms with E-state index in [0.29, 0.717) is 12.5 Å². The van der Waals surface area contributed by atoms with E-state index in [9.17, 15) is 4.79 Å². The number of piperazine rings is 1. The molecule has 0 saturated carbocycles. The number of carbonyl (C=O) groups is 1. The maximum Gasteiger partial charge on any atom is 0.227 e. The number of carbonyl (C=O) groups excluding carboxylic acids is 1. The molecule has 0 radical (unpaired) electrons. The van der Waals surface area contributed by atoms with Crippen LogP contribution in [0.1, 0.15) is 5.56 Å². The van der Waals surface area contributed by atoms with Crippen LogP contribution >= 0.6 is 15.9 Å². The van der Waals surface area contributed by atoms with Crippen molar-refractivity contribution in [1.82, 2.24) is 15.1 Å². The molecule has 20 heavy (non-hydrogen) atoms. The highest BCUT2D eigenvalue weighted by Crippen LogP contribution is 2.18. The highest BCUT2D eigenvalue weighted by molar-refractivity contribution is 9.10. The van der Waals surface area contributed by atoms with Crippen molar-refractivity contribution in [3.63, 3.8) is 0 Å². The van der Waals surface area contributed by atoms with E-state index in [4.69, 9.17) is 0 Å². The van der Waals surface area contributed by atoms with E-state index < -0.39 is 0 Å². The Hall–Kier alpha value is -0.910. The molecule has 5 heteroatoms. The van der Waals surface area contributed by atoms with Gasteiger partial charge in [0.05, 0.1) is 6.42 Å². The van der Waals surface area contributed by atoms with Gasteiger partial charge in [0, 0.05) is 49.8 Å². The van der Waals surface area contributed by atoms with Crippen molar-refractivity contribution >= 4 is 21.8 Å². The van der Waals surface area contributed by atoms with E-state index in [1.54, 1.807) is 0 Å². The van der Waals surface area contributed by atoms with Crippen LogP contribution in [0.5, 0.6) is 0 Å². The topological polar surface area (TPSA) is 35.6 Å². The number of halogens is 1. The molecule has 0 aromatic heterocycles. The van der Waals surface area contributed by atoms with Crippen molar-refractivity contribution in [2.75, 3.05) is 39.3 Å². The van der Waals surface area contributed by atoms with Crippen LogP contribution in [0.4, 0.5) is 0 Å². The normalized spacial score (nSPS) is 20.8. The fourth-order valence-corrected chi connectivity index (χ4v) is 3.32.